The van der Waals surface area contributed by atoms with Gasteiger partial charge in [0, 0.05) is 29.1 Å². The van der Waals surface area contributed by atoms with Gasteiger partial charge in [0.15, 0.2) is 0 Å². The topological polar surface area (TPSA) is 59.4 Å². The quantitative estimate of drug-likeness (QED) is 0.795. The van der Waals surface area contributed by atoms with Gasteiger partial charge in [-0.1, -0.05) is 12.0 Å². The minimum Gasteiger partial charge on any atom is -0.266 e. The van der Waals surface area contributed by atoms with Crippen molar-refractivity contribution in [3.8, 4) is 11.8 Å². The highest BCUT2D eigenvalue weighted by molar-refractivity contribution is 7.93. The number of pyridine rings is 1. The molecule has 0 saturated heterocycles. The van der Waals surface area contributed by atoms with Crippen LogP contribution < -0.4 is 0 Å². The van der Waals surface area contributed by atoms with Crippen LogP contribution in [0.25, 0.3) is 0 Å². The lowest BCUT2D eigenvalue weighted by Crippen LogP contribution is -2.05. The standard InChI is InChI=1S/C18H18N2O2S/c1-5-6-15-10-16(12-19-11-15)18(21)20-23(4,22)17-8-7-13(2)14(3)9-17/h7-12H,1-4H3. The smallest absolute Gasteiger partial charge is 0.266 e. The average Bonchev–Trinajstić information content (AvgIpc) is 2.50. The van der Waals surface area contributed by atoms with E-state index in [-0.39, 0.29) is 5.56 Å². The summed E-state index contributed by atoms with van der Waals surface area (Å²) < 4.78 is 16.7. The molecule has 0 spiro atoms. The highest BCUT2D eigenvalue weighted by Gasteiger charge is 2.12. The van der Waals surface area contributed by atoms with E-state index in [1.54, 1.807) is 25.3 Å². The van der Waals surface area contributed by atoms with Gasteiger partial charge in [0.1, 0.15) is 0 Å². The van der Waals surface area contributed by atoms with Crippen LogP contribution in [0.4, 0.5) is 0 Å². The molecule has 23 heavy (non-hydrogen) atoms. The van der Waals surface area contributed by atoms with Crippen LogP contribution in [0.2, 0.25) is 0 Å². The SMILES string of the molecule is CC#Cc1cncc(C(=O)N=S(C)(=O)c2ccc(C)c(C)c2)c1. The van der Waals surface area contributed by atoms with Crippen molar-refractivity contribution in [3.05, 3.63) is 58.9 Å². The summed E-state index contributed by atoms with van der Waals surface area (Å²) in [5, 5.41) is 0. The summed E-state index contributed by atoms with van der Waals surface area (Å²) in [5.74, 6) is 5.03. The van der Waals surface area contributed by atoms with Crippen molar-refractivity contribution < 1.29 is 9.00 Å². The number of amides is 1. The Bertz CT molecular complexity index is 943. The number of nitrogens with zero attached hydrogens (tertiary/aromatic N) is 2. The molecule has 1 unspecified atom stereocenters. The number of aryl methyl sites for hydroxylation is 2. The molecule has 0 radical (unpaired) electrons. The number of carbonyl (C=O) groups is 1. The molecule has 0 N–H and O–H groups in total. The molecule has 0 aliphatic heterocycles. The third-order valence-electron chi connectivity index (χ3n) is 3.43. The van der Waals surface area contributed by atoms with Crippen LogP contribution >= 0.6 is 0 Å². The average molecular weight is 326 g/mol. The van der Waals surface area contributed by atoms with Gasteiger partial charge in [-0.2, -0.15) is 4.36 Å². The van der Waals surface area contributed by atoms with Gasteiger partial charge in [0.2, 0.25) is 0 Å². The van der Waals surface area contributed by atoms with Gasteiger partial charge in [-0.15, -0.1) is 5.92 Å². The maximum absolute atomic E-state index is 12.8. The molecule has 4 nitrogen and oxygen atoms in total. The van der Waals surface area contributed by atoms with E-state index in [1.807, 2.05) is 26.0 Å². The number of aromatic nitrogens is 1. The van der Waals surface area contributed by atoms with Crippen LogP contribution in [0.5, 0.6) is 0 Å². The van der Waals surface area contributed by atoms with Gasteiger partial charge in [-0.3, -0.25) is 9.78 Å². The Balaban J connectivity index is 2.44. The molecule has 2 aromatic rings. The molecule has 0 bridgehead atoms. The Labute approximate surface area is 137 Å². The number of hydrogen-bond donors (Lipinski definition) is 0. The van der Waals surface area contributed by atoms with Crippen LogP contribution in [-0.2, 0) is 9.73 Å². The molecule has 0 fully saturated rings. The molecule has 1 heterocycles. The van der Waals surface area contributed by atoms with Crippen molar-refractivity contribution in [2.24, 2.45) is 4.36 Å². The first kappa shape index (κ1) is 16.9. The zero-order valence-corrected chi connectivity index (χ0v) is 14.4. The van der Waals surface area contributed by atoms with Crippen molar-refractivity contribution in [1.82, 2.24) is 4.98 Å². The van der Waals surface area contributed by atoms with Crippen molar-refractivity contribution in [2.45, 2.75) is 25.7 Å². The molecule has 2 rings (SSSR count). The molecular weight excluding hydrogens is 308 g/mol. The summed E-state index contributed by atoms with van der Waals surface area (Å²) in [6, 6.07) is 7.04. The van der Waals surface area contributed by atoms with Gasteiger partial charge < -0.3 is 0 Å². The molecule has 1 aromatic heterocycles. The highest BCUT2D eigenvalue weighted by atomic mass is 32.2. The Morgan fingerprint density at radius 1 is 1.17 bits per heavy atom. The Hall–Kier alpha value is -2.45. The molecule has 1 atom stereocenters. The second-order valence-electron chi connectivity index (χ2n) is 5.28. The summed E-state index contributed by atoms with van der Waals surface area (Å²) in [4.78, 5) is 16.8. The van der Waals surface area contributed by atoms with Gasteiger partial charge in [-0.05, 0) is 50.1 Å². The predicted octanol–water partition coefficient (Wildman–Crippen LogP) is 3.37. The van der Waals surface area contributed by atoms with Crippen LogP contribution in [0.1, 0.15) is 34.0 Å². The first-order valence-corrected chi connectivity index (χ1v) is 8.97. The molecule has 1 amide bonds. The third-order valence-corrected chi connectivity index (χ3v) is 5.07. The monoisotopic (exact) mass is 326 g/mol. The van der Waals surface area contributed by atoms with E-state index in [2.05, 4.69) is 21.2 Å². The van der Waals surface area contributed by atoms with Crippen LogP contribution in [0, 0.1) is 25.7 Å². The van der Waals surface area contributed by atoms with Crippen molar-refractivity contribution in [1.29, 1.82) is 0 Å². The summed E-state index contributed by atoms with van der Waals surface area (Å²) in [6.45, 7) is 5.62. The Kier molecular flexibility index (Phi) is 4.97. The van der Waals surface area contributed by atoms with E-state index in [1.165, 1.54) is 12.5 Å². The second-order valence-corrected chi connectivity index (χ2v) is 7.54. The molecule has 118 valence electrons. The highest BCUT2D eigenvalue weighted by Crippen LogP contribution is 2.17. The Morgan fingerprint density at radius 3 is 2.57 bits per heavy atom. The third kappa shape index (κ3) is 4.05. The Morgan fingerprint density at radius 2 is 1.91 bits per heavy atom. The first-order valence-electron chi connectivity index (χ1n) is 7.05. The van der Waals surface area contributed by atoms with Gasteiger partial charge >= 0.3 is 0 Å². The van der Waals surface area contributed by atoms with E-state index in [9.17, 15) is 9.00 Å². The molecule has 1 aromatic carbocycles. The zero-order valence-electron chi connectivity index (χ0n) is 13.6. The van der Waals surface area contributed by atoms with Crippen LogP contribution in [-0.4, -0.2) is 21.4 Å². The van der Waals surface area contributed by atoms with E-state index >= 15 is 0 Å². The summed E-state index contributed by atoms with van der Waals surface area (Å²) >= 11 is 0. The lowest BCUT2D eigenvalue weighted by atomic mass is 10.1. The van der Waals surface area contributed by atoms with E-state index in [4.69, 9.17) is 0 Å². The first-order chi connectivity index (χ1) is 10.8. The normalized spacial score (nSPS) is 12.7. The second kappa shape index (κ2) is 6.76. The van der Waals surface area contributed by atoms with Crippen molar-refractivity contribution in [2.75, 3.05) is 6.26 Å². The van der Waals surface area contributed by atoms with E-state index < -0.39 is 15.6 Å². The fraction of sp³-hybridized carbons (Fsp3) is 0.222. The lowest BCUT2D eigenvalue weighted by molar-refractivity contribution is 0.100. The van der Waals surface area contributed by atoms with Crippen LogP contribution in [0.3, 0.4) is 0 Å². The zero-order chi connectivity index (χ0) is 17.0. The predicted molar refractivity (Wildman–Crippen MR) is 91.8 cm³/mol. The number of rotatable bonds is 2. The van der Waals surface area contributed by atoms with Crippen LogP contribution in [0.15, 0.2) is 45.9 Å². The molecule has 0 aliphatic carbocycles. The fourth-order valence-corrected chi connectivity index (χ4v) is 3.23. The molecule has 0 aliphatic rings. The van der Waals surface area contributed by atoms with E-state index in [0.717, 1.165) is 11.1 Å². The van der Waals surface area contributed by atoms with Crippen molar-refractivity contribution in [3.63, 3.8) is 0 Å². The van der Waals surface area contributed by atoms with Gasteiger partial charge in [0.25, 0.3) is 5.91 Å². The van der Waals surface area contributed by atoms with Gasteiger partial charge in [0.05, 0.1) is 15.3 Å². The minimum absolute atomic E-state index is 0.281. The number of hydrogen-bond acceptors (Lipinski definition) is 3. The summed E-state index contributed by atoms with van der Waals surface area (Å²) in [6.07, 6.45) is 4.45. The largest absolute Gasteiger partial charge is 0.286 e. The molecule has 0 saturated carbocycles. The molecule has 5 heteroatoms. The molecular formula is C18H18N2O2S. The maximum Gasteiger partial charge on any atom is 0.286 e. The number of carbonyl (C=O) groups excluding carboxylic acids is 1. The number of benzene rings is 1. The van der Waals surface area contributed by atoms with Crippen molar-refractivity contribution >= 4 is 15.6 Å². The summed E-state index contributed by atoms with van der Waals surface area (Å²) in [7, 11) is -2.81. The minimum atomic E-state index is -2.81. The lowest BCUT2D eigenvalue weighted by Gasteiger charge is -2.07. The maximum atomic E-state index is 12.8. The van der Waals surface area contributed by atoms with Gasteiger partial charge in [-0.25, -0.2) is 4.21 Å². The summed E-state index contributed by atoms with van der Waals surface area (Å²) in [5.41, 5.74) is 3.03. The van der Waals surface area contributed by atoms with E-state index in [0.29, 0.717) is 10.5 Å². The fourth-order valence-electron chi connectivity index (χ4n) is 1.98.